The van der Waals surface area contributed by atoms with Crippen LogP contribution in [0.2, 0.25) is 0 Å². The summed E-state index contributed by atoms with van der Waals surface area (Å²) in [7, 11) is 1.64. The predicted octanol–water partition coefficient (Wildman–Crippen LogP) is 2.27. The lowest BCUT2D eigenvalue weighted by atomic mass is 10.2. The van der Waals surface area contributed by atoms with Crippen LogP contribution in [0.3, 0.4) is 0 Å². The Kier molecular flexibility index (Phi) is 5.14. The highest BCUT2D eigenvalue weighted by molar-refractivity contribution is 8.22. The Balaban J connectivity index is 2.53. The minimum atomic E-state index is 0.653. The van der Waals surface area contributed by atoms with Crippen molar-refractivity contribution in [2.24, 2.45) is 5.10 Å². The van der Waals surface area contributed by atoms with Crippen LogP contribution in [0.1, 0.15) is 5.56 Å². The molecular formula is C10H12N2OS2. The van der Waals surface area contributed by atoms with E-state index in [1.165, 1.54) is 11.8 Å². The van der Waals surface area contributed by atoms with Gasteiger partial charge in [-0.3, -0.25) is 5.43 Å². The zero-order chi connectivity index (χ0) is 11.1. The number of rotatable bonds is 3. The molecule has 0 amide bonds. The molecule has 0 unspecified atom stereocenters. The number of hydrogen-bond acceptors (Lipinski definition) is 4. The van der Waals surface area contributed by atoms with Gasteiger partial charge in [-0.05, 0) is 36.1 Å². The fraction of sp³-hybridized carbons (Fsp3) is 0.200. The molecular weight excluding hydrogens is 228 g/mol. The van der Waals surface area contributed by atoms with Crippen LogP contribution < -0.4 is 10.2 Å². The smallest absolute Gasteiger partial charge is 0.153 e. The Morgan fingerprint density at radius 2 is 2.13 bits per heavy atom. The summed E-state index contributed by atoms with van der Waals surface area (Å²) in [6.07, 6.45) is 3.61. The maximum atomic E-state index is 5.05. The fourth-order valence-electron chi connectivity index (χ4n) is 0.895. The van der Waals surface area contributed by atoms with E-state index in [9.17, 15) is 0 Å². The van der Waals surface area contributed by atoms with E-state index >= 15 is 0 Å². The Bertz CT molecular complexity index is 349. The molecule has 0 atom stereocenters. The number of thiocarbonyl (C=S) groups is 1. The first kappa shape index (κ1) is 12.0. The number of methoxy groups -OCH3 is 1. The lowest BCUT2D eigenvalue weighted by Gasteiger charge is -1.99. The Hall–Kier alpha value is -1.07. The molecule has 0 fully saturated rings. The molecule has 80 valence electrons. The van der Waals surface area contributed by atoms with Crippen molar-refractivity contribution in [2.45, 2.75) is 0 Å². The van der Waals surface area contributed by atoms with Crippen molar-refractivity contribution in [3.8, 4) is 5.75 Å². The summed E-state index contributed by atoms with van der Waals surface area (Å²) in [4.78, 5) is 0. The molecule has 1 aromatic rings. The lowest BCUT2D eigenvalue weighted by Crippen LogP contribution is -2.10. The van der Waals surface area contributed by atoms with E-state index in [-0.39, 0.29) is 0 Å². The van der Waals surface area contributed by atoms with Gasteiger partial charge in [0.2, 0.25) is 0 Å². The van der Waals surface area contributed by atoms with E-state index in [1.807, 2.05) is 30.5 Å². The third-order valence-corrected chi connectivity index (χ3v) is 2.72. The van der Waals surface area contributed by atoms with Crippen LogP contribution in [0, 0.1) is 0 Å². The van der Waals surface area contributed by atoms with Crippen molar-refractivity contribution >= 4 is 34.5 Å². The molecule has 3 nitrogen and oxygen atoms in total. The molecule has 1 N–H and O–H groups in total. The minimum absolute atomic E-state index is 0.653. The SMILES string of the molecule is COc1ccc(/C=N\NC(=S)SC)cc1. The molecule has 0 bridgehead atoms. The third-order valence-electron chi connectivity index (χ3n) is 1.67. The molecule has 0 saturated heterocycles. The summed E-state index contributed by atoms with van der Waals surface area (Å²) in [6.45, 7) is 0. The summed E-state index contributed by atoms with van der Waals surface area (Å²) in [5, 5.41) is 3.99. The monoisotopic (exact) mass is 240 g/mol. The molecule has 0 spiro atoms. The van der Waals surface area contributed by atoms with Gasteiger partial charge in [-0.2, -0.15) is 5.10 Å². The van der Waals surface area contributed by atoms with E-state index in [1.54, 1.807) is 13.3 Å². The van der Waals surface area contributed by atoms with Crippen LogP contribution >= 0.6 is 24.0 Å². The summed E-state index contributed by atoms with van der Waals surface area (Å²) in [6, 6.07) is 7.61. The summed E-state index contributed by atoms with van der Waals surface area (Å²) in [5.41, 5.74) is 3.73. The lowest BCUT2D eigenvalue weighted by molar-refractivity contribution is 0.415. The second-order valence-corrected chi connectivity index (χ2v) is 4.12. The Morgan fingerprint density at radius 1 is 1.47 bits per heavy atom. The van der Waals surface area contributed by atoms with Gasteiger partial charge in [0, 0.05) is 0 Å². The van der Waals surface area contributed by atoms with Crippen molar-refractivity contribution < 1.29 is 4.74 Å². The fourth-order valence-corrected chi connectivity index (χ4v) is 1.09. The maximum absolute atomic E-state index is 5.05. The molecule has 0 aliphatic rings. The van der Waals surface area contributed by atoms with Crippen molar-refractivity contribution in [1.82, 2.24) is 5.43 Å². The molecule has 0 aliphatic carbocycles. The Labute approximate surface area is 98.9 Å². The number of benzene rings is 1. The standard InChI is InChI=1S/C10H12N2OS2/c1-13-9-5-3-8(4-6-9)7-11-12-10(14)15-2/h3-7H,1-2H3,(H,12,14)/b11-7-. The van der Waals surface area contributed by atoms with Gasteiger partial charge in [-0.1, -0.05) is 24.0 Å². The average molecular weight is 240 g/mol. The summed E-state index contributed by atoms with van der Waals surface area (Å²) >= 11 is 6.38. The second kappa shape index (κ2) is 6.42. The zero-order valence-electron chi connectivity index (χ0n) is 8.56. The highest BCUT2D eigenvalue weighted by Crippen LogP contribution is 2.09. The molecule has 0 saturated carbocycles. The molecule has 15 heavy (non-hydrogen) atoms. The van der Waals surface area contributed by atoms with Crippen LogP contribution in [-0.4, -0.2) is 23.9 Å². The number of nitrogens with one attached hydrogen (secondary N) is 1. The highest BCUT2D eigenvalue weighted by Gasteiger charge is 1.91. The molecule has 1 aromatic carbocycles. The van der Waals surface area contributed by atoms with Crippen molar-refractivity contribution in [3.63, 3.8) is 0 Å². The van der Waals surface area contributed by atoms with Gasteiger partial charge in [0.15, 0.2) is 4.32 Å². The van der Waals surface area contributed by atoms with Crippen molar-refractivity contribution in [1.29, 1.82) is 0 Å². The quantitative estimate of drug-likeness (QED) is 0.499. The van der Waals surface area contributed by atoms with Crippen LogP contribution in [0.5, 0.6) is 5.75 Å². The molecule has 0 radical (unpaired) electrons. The number of hydrazone groups is 1. The number of nitrogens with zero attached hydrogens (tertiary/aromatic N) is 1. The number of ether oxygens (including phenoxy) is 1. The molecule has 0 aromatic heterocycles. The molecule has 1 rings (SSSR count). The van der Waals surface area contributed by atoms with Gasteiger partial charge >= 0.3 is 0 Å². The zero-order valence-corrected chi connectivity index (χ0v) is 10.2. The van der Waals surface area contributed by atoms with Gasteiger partial charge in [0.25, 0.3) is 0 Å². The van der Waals surface area contributed by atoms with Crippen molar-refractivity contribution in [3.05, 3.63) is 29.8 Å². The first-order valence-corrected chi connectivity index (χ1v) is 5.90. The molecule has 0 heterocycles. The van der Waals surface area contributed by atoms with E-state index in [4.69, 9.17) is 17.0 Å². The van der Waals surface area contributed by atoms with E-state index < -0.39 is 0 Å². The van der Waals surface area contributed by atoms with Gasteiger partial charge in [-0.25, -0.2) is 0 Å². The van der Waals surface area contributed by atoms with Crippen molar-refractivity contribution in [2.75, 3.05) is 13.4 Å². The van der Waals surface area contributed by atoms with Gasteiger partial charge in [-0.15, -0.1) is 0 Å². The number of thioether (sulfide) groups is 1. The highest BCUT2D eigenvalue weighted by atomic mass is 32.2. The van der Waals surface area contributed by atoms with Crippen LogP contribution in [0.15, 0.2) is 29.4 Å². The van der Waals surface area contributed by atoms with Gasteiger partial charge in [0.1, 0.15) is 5.75 Å². The van der Waals surface area contributed by atoms with Crippen LogP contribution in [0.25, 0.3) is 0 Å². The second-order valence-electron chi connectivity index (χ2n) is 2.63. The van der Waals surface area contributed by atoms with E-state index in [2.05, 4.69) is 10.5 Å². The maximum Gasteiger partial charge on any atom is 0.153 e. The third kappa shape index (κ3) is 4.31. The largest absolute Gasteiger partial charge is 0.497 e. The van der Waals surface area contributed by atoms with Gasteiger partial charge < -0.3 is 4.74 Å². The topological polar surface area (TPSA) is 33.6 Å². The predicted molar refractivity (Wildman–Crippen MR) is 69.8 cm³/mol. The van der Waals surface area contributed by atoms with Gasteiger partial charge in [0.05, 0.1) is 13.3 Å². The molecule has 5 heteroatoms. The van der Waals surface area contributed by atoms with Crippen LogP contribution in [0.4, 0.5) is 0 Å². The Morgan fingerprint density at radius 3 is 2.67 bits per heavy atom. The molecule has 0 aliphatic heterocycles. The van der Waals surface area contributed by atoms with Crippen LogP contribution in [-0.2, 0) is 0 Å². The minimum Gasteiger partial charge on any atom is -0.497 e. The number of hydrogen-bond donors (Lipinski definition) is 1. The first-order chi connectivity index (χ1) is 7.26. The average Bonchev–Trinajstić information content (AvgIpc) is 2.29. The first-order valence-electron chi connectivity index (χ1n) is 4.27. The summed E-state index contributed by atoms with van der Waals surface area (Å²) < 4.78 is 5.70. The van der Waals surface area contributed by atoms with E-state index in [0.717, 1.165) is 11.3 Å². The van der Waals surface area contributed by atoms with E-state index in [0.29, 0.717) is 4.32 Å². The normalized spacial score (nSPS) is 10.3. The summed E-state index contributed by atoms with van der Waals surface area (Å²) in [5.74, 6) is 0.833.